The van der Waals surface area contributed by atoms with Crippen molar-refractivity contribution in [1.82, 2.24) is 0 Å². The number of aromatic hydroxyl groups is 1. The normalized spacial score (nSPS) is 9.12. The average Bonchev–Trinajstić information content (AvgIpc) is 2.30. The predicted octanol–water partition coefficient (Wildman–Crippen LogP) is 0.913. The van der Waals surface area contributed by atoms with Crippen LogP contribution in [-0.4, -0.2) is 29.9 Å². The Morgan fingerprint density at radius 3 is 2.81 bits per heavy atom. The summed E-state index contributed by atoms with van der Waals surface area (Å²) in [5.41, 5.74) is 0.689. The standard InChI is InChI=1S/C12H12O4/c1-16-12(15)10-6-5-9(11(14)8-10)4-2-3-7-13/h5-6,8,13-14H,3,7H2,1H3. The highest BCUT2D eigenvalue weighted by atomic mass is 16.5. The molecule has 2 N–H and O–H groups in total. The van der Waals surface area contributed by atoms with Crippen molar-refractivity contribution in [2.24, 2.45) is 0 Å². The van der Waals surface area contributed by atoms with E-state index in [0.717, 1.165) is 0 Å². The van der Waals surface area contributed by atoms with Gasteiger partial charge in [-0.15, -0.1) is 0 Å². The lowest BCUT2D eigenvalue weighted by Crippen LogP contribution is -2.00. The van der Waals surface area contributed by atoms with Gasteiger partial charge in [-0.3, -0.25) is 0 Å². The largest absolute Gasteiger partial charge is 0.507 e. The molecule has 0 saturated carbocycles. The second-order valence-electron chi connectivity index (χ2n) is 3.00. The van der Waals surface area contributed by atoms with Crippen LogP contribution in [0.4, 0.5) is 0 Å². The molecule has 16 heavy (non-hydrogen) atoms. The number of hydrogen-bond donors (Lipinski definition) is 2. The van der Waals surface area contributed by atoms with Crippen molar-refractivity contribution < 1.29 is 19.7 Å². The molecule has 0 spiro atoms. The van der Waals surface area contributed by atoms with E-state index in [1.165, 1.54) is 25.3 Å². The van der Waals surface area contributed by atoms with E-state index >= 15 is 0 Å². The predicted molar refractivity (Wildman–Crippen MR) is 58.0 cm³/mol. The molecule has 84 valence electrons. The topological polar surface area (TPSA) is 66.8 Å². The van der Waals surface area contributed by atoms with Crippen LogP contribution < -0.4 is 0 Å². The van der Waals surface area contributed by atoms with Crippen molar-refractivity contribution in [2.75, 3.05) is 13.7 Å². The Bertz CT molecular complexity index is 440. The molecule has 0 aliphatic rings. The van der Waals surface area contributed by atoms with Gasteiger partial charge in [0.25, 0.3) is 0 Å². The summed E-state index contributed by atoms with van der Waals surface area (Å²) in [6, 6.07) is 4.36. The second-order valence-corrected chi connectivity index (χ2v) is 3.00. The molecule has 0 aliphatic heterocycles. The van der Waals surface area contributed by atoms with Gasteiger partial charge in [-0.05, 0) is 18.2 Å². The summed E-state index contributed by atoms with van der Waals surface area (Å²) in [4.78, 5) is 11.1. The molecular formula is C12H12O4. The second kappa shape index (κ2) is 5.79. The molecule has 0 atom stereocenters. The number of phenols is 1. The number of aliphatic hydroxyl groups is 1. The van der Waals surface area contributed by atoms with Gasteiger partial charge < -0.3 is 14.9 Å². The summed E-state index contributed by atoms with van der Waals surface area (Å²) in [5, 5.41) is 18.1. The molecule has 0 aromatic heterocycles. The molecule has 0 fully saturated rings. The third-order valence-electron chi connectivity index (χ3n) is 1.88. The maximum Gasteiger partial charge on any atom is 0.337 e. The lowest BCUT2D eigenvalue weighted by Gasteiger charge is -2.01. The number of hydrogen-bond acceptors (Lipinski definition) is 4. The lowest BCUT2D eigenvalue weighted by molar-refractivity contribution is 0.0600. The van der Waals surface area contributed by atoms with Gasteiger partial charge in [0.1, 0.15) is 5.75 Å². The van der Waals surface area contributed by atoms with Gasteiger partial charge in [-0.2, -0.15) is 0 Å². The van der Waals surface area contributed by atoms with Crippen LogP contribution in [0.15, 0.2) is 18.2 Å². The zero-order valence-electron chi connectivity index (χ0n) is 8.86. The maximum atomic E-state index is 11.1. The van der Waals surface area contributed by atoms with Crippen LogP contribution in [0.3, 0.4) is 0 Å². The van der Waals surface area contributed by atoms with E-state index in [1.807, 2.05) is 0 Å². The first-order valence-electron chi connectivity index (χ1n) is 4.70. The fraction of sp³-hybridized carbons (Fsp3) is 0.250. The number of phenolic OH excluding ortho intramolecular Hbond substituents is 1. The molecule has 1 aromatic carbocycles. The van der Waals surface area contributed by atoms with E-state index in [1.54, 1.807) is 0 Å². The van der Waals surface area contributed by atoms with Gasteiger partial charge in [0.15, 0.2) is 0 Å². The third-order valence-corrected chi connectivity index (χ3v) is 1.88. The molecule has 0 saturated heterocycles. The molecule has 0 bridgehead atoms. The van der Waals surface area contributed by atoms with Crippen molar-refractivity contribution in [1.29, 1.82) is 0 Å². The van der Waals surface area contributed by atoms with Gasteiger partial charge in [0.05, 0.1) is 24.8 Å². The first kappa shape index (κ1) is 12.1. The number of esters is 1. The monoisotopic (exact) mass is 220 g/mol. The van der Waals surface area contributed by atoms with Crippen molar-refractivity contribution in [3.8, 4) is 17.6 Å². The van der Waals surface area contributed by atoms with E-state index in [4.69, 9.17) is 5.11 Å². The van der Waals surface area contributed by atoms with Gasteiger partial charge in [0.2, 0.25) is 0 Å². The fourth-order valence-corrected chi connectivity index (χ4v) is 1.10. The number of ether oxygens (including phenoxy) is 1. The maximum absolute atomic E-state index is 11.1. The van der Waals surface area contributed by atoms with Crippen molar-refractivity contribution >= 4 is 5.97 Å². The van der Waals surface area contributed by atoms with Crippen molar-refractivity contribution in [3.05, 3.63) is 29.3 Å². The van der Waals surface area contributed by atoms with Crippen LogP contribution in [0.1, 0.15) is 22.3 Å². The first-order chi connectivity index (χ1) is 7.69. The minimum absolute atomic E-state index is 0.0198. The highest BCUT2D eigenvalue weighted by Crippen LogP contribution is 2.18. The summed E-state index contributed by atoms with van der Waals surface area (Å²) in [6.07, 6.45) is 0.345. The van der Waals surface area contributed by atoms with Gasteiger partial charge >= 0.3 is 5.97 Å². The molecule has 1 rings (SSSR count). The fourth-order valence-electron chi connectivity index (χ4n) is 1.10. The molecule has 0 amide bonds. The highest BCUT2D eigenvalue weighted by Gasteiger charge is 2.07. The van der Waals surface area contributed by atoms with Crippen LogP contribution in [0.25, 0.3) is 0 Å². The Morgan fingerprint density at radius 2 is 2.25 bits per heavy atom. The number of carbonyl (C=O) groups excluding carboxylic acids is 1. The first-order valence-corrected chi connectivity index (χ1v) is 4.70. The average molecular weight is 220 g/mol. The molecule has 0 unspecified atom stereocenters. The van der Waals surface area contributed by atoms with Gasteiger partial charge in [0, 0.05) is 6.42 Å². The van der Waals surface area contributed by atoms with Crippen LogP contribution in [0.2, 0.25) is 0 Å². The SMILES string of the molecule is COC(=O)c1ccc(C#CCCO)c(O)c1. The van der Waals surface area contributed by atoms with E-state index < -0.39 is 5.97 Å². The lowest BCUT2D eigenvalue weighted by atomic mass is 10.1. The molecule has 0 aliphatic carbocycles. The van der Waals surface area contributed by atoms with Gasteiger partial charge in [-0.25, -0.2) is 4.79 Å². The summed E-state index contributed by atoms with van der Waals surface area (Å²) in [5.74, 6) is 4.78. The minimum atomic E-state index is -0.509. The molecule has 0 radical (unpaired) electrons. The molecular weight excluding hydrogens is 208 g/mol. The number of benzene rings is 1. The van der Waals surface area contributed by atoms with Crippen LogP contribution in [0.5, 0.6) is 5.75 Å². The molecule has 4 nitrogen and oxygen atoms in total. The number of rotatable bonds is 2. The zero-order valence-corrected chi connectivity index (χ0v) is 8.86. The summed E-state index contributed by atoms with van der Waals surface area (Å²) < 4.78 is 4.51. The Morgan fingerprint density at radius 1 is 1.50 bits per heavy atom. The summed E-state index contributed by atoms with van der Waals surface area (Å²) in [7, 11) is 1.27. The Labute approximate surface area is 93.5 Å². The molecule has 0 heterocycles. The molecule has 1 aromatic rings. The summed E-state index contributed by atoms with van der Waals surface area (Å²) >= 11 is 0. The number of carbonyl (C=O) groups is 1. The smallest absolute Gasteiger partial charge is 0.337 e. The van der Waals surface area contributed by atoms with E-state index in [9.17, 15) is 9.90 Å². The van der Waals surface area contributed by atoms with E-state index in [-0.39, 0.29) is 17.9 Å². The quantitative estimate of drug-likeness (QED) is 0.574. The van der Waals surface area contributed by atoms with Crippen LogP contribution in [0, 0.1) is 11.8 Å². The minimum Gasteiger partial charge on any atom is -0.507 e. The van der Waals surface area contributed by atoms with E-state index in [2.05, 4.69) is 16.6 Å². The van der Waals surface area contributed by atoms with Gasteiger partial charge in [-0.1, -0.05) is 11.8 Å². The van der Waals surface area contributed by atoms with Crippen LogP contribution in [-0.2, 0) is 4.74 Å². The van der Waals surface area contributed by atoms with Crippen molar-refractivity contribution in [2.45, 2.75) is 6.42 Å². The Hall–Kier alpha value is -1.99. The van der Waals surface area contributed by atoms with Crippen LogP contribution >= 0.6 is 0 Å². The number of methoxy groups -OCH3 is 1. The number of aliphatic hydroxyl groups excluding tert-OH is 1. The van der Waals surface area contributed by atoms with Crippen molar-refractivity contribution in [3.63, 3.8) is 0 Å². The molecule has 4 heteroatoms. The third kappa shape index (κ3) is 3.01. The van der Waals surface area contributed by atoms with E-state index in [0.29, 0.717) is 12.0 Å². The Kier molecular flexibility index (Phi) is 4.37. The highest BCUT2D eigenvalue weighted by molar-refractivity contribution is 5.90. The summed E-state index contributed by atoms with van der Waals surface area (Å²) in [6.45, 7) is -0.0198. The Balaban J connectivity index is 2.93. The zero-order chi connectivity index (χ0) is 12.0.